The molecule has 2 aliphatic heterocycles. The fourth-order valence-corrected chi connectivity index (χ4v) is 4.63. The Balaban J connectivity index is 1.44. The summed E-state index contributed by atoms with van der Waals surface area (Å²) in [5.74, 6) is -0.301. The first-order valence-corrected chi connectivity index (χ1v) is 11.9. The summed E-state index contributed by atoms with van der Waals surface area (Å²) in [5, 5.41) is 23.2. The first-order chi connectivity index (χ1) is 14.8. The summed E-state index contributed by atoms with van der Waals surface area (Å²) in [5.41, 5.74) is 0.933. The van der Waals surface area contributed by atoms with Crippen LogP contribution in [0, 0.1) is 6.92 Å². The fraction of sp³-hybridized carbons (Fsp3) is 0.650. The third-order valence-corrected chi connectivity index (χ3v) is 6.95. The van der Waals surface area contributed by atoms with Crippen molar-refractivity contribution >= 4 is 15.9 Å². The van der Waals surface area contributed by atoms with Crippen LogP contribution in [0.25, 0.3) is 0 Å². The van der Waals surface area contributed by atoms with Crippen LogP contribution in [0.15, 0.2) is 29.2 Å². The third-order valence-electron chi connectivity index (χ3n) is 5.51. The van der Waals surface area contributed by atoms with E-state index in [1.54, 1.807) is 12.1 Å². The van der Waals surface area contributed by atoms with Gasteiger partial charge >= 0.3 is 0 Å². The van der Waals surface area contributed by atoms with Gasteiger partial charge in [-0.3, -0.25) is 9.69 Å². The number of carbonyl (C=O) groups excluding carboxylic acids is 1. The number of nitrogens with one attached hydrogen (secondary N) is 2. The quantitative estimate of drug-likeness (QED) is 0.355. The normalized spacial score (nSPS) is 27.3. The van der Waals surface area contributed by atoms with Crippen molar-refractivity contribution in [3.8, 4) is 0 Å². The SMILES string of the molecule is Cc1ccc(S(=O)(=O)NCC2OC(CC(=O)NCCN3CCOCC3)C(O)C2O)cc1. The number of rotatable bonds is 9. The molecule has 0 saturated carbocycles. The van der Waals surface area contributed by atoms with E-state index in [1.807, 2.05) is 6.92 Å². The van der Waals surface area contributed by atoms with Crippen molar-refractivity contribution in [3.05, 3.63) is 29.8 Å². The molecule has 2 fully saturated rings. The lowest BCUT2D eigenvalue weighted by molar-refractivity contribution is -0.125. The van der Waals surface area contributed by atoms with Crippen molar-refractivity contribution in [2.75, 3.05) is 45.9 Å². The Kier molecular flexibility index (Phi) is 8.39. The zero-order valence-corrected chi connectivity index (χ0v) is 18.4. The third kappa shape index (κ3) is 6.69. The zero-order valence-electron chi connectivity index (χ0n) is 17.6. The van der Waals surface area contributed by atoms with Gasteiger partial charge in [0.15, 0.2) is 0 Å². The largest absolute Gasteiger partial charge is 0.388 e. The molecule has 2 heterocycles. The number of carbonyl (C=O) groups is 1. The molecule has 0 radical (unpaired) electrons. The number of hydrogen-bond donors (Lipinski definition) is 4. The number of sulfonamides is 1. The van der Waals surface area contributed by atoms with E-state index in [1.165, 1.54) is 12.1 Å². The van der Waals surface area contributed by atoms with Crippen molar-refractivity contribution in [1.82, 2.24) is 14.9 Å². The summed E-state index contributed by atoms with van der Waals surface area (Å²) in [6.07, 6.45) is -4.57. The molecule has 0 aliphatic carbocycles. The Morgan fingerprint density at radius 3 is 2.45 bits per heavy atom. The Labute approximate surface area is 182 Å². The smallest absolute Gasteiger partial charge is 0.240 e. The van der Waals surface area contributed by atoms with Crippen molar-refractivity contribution in [2.24, 2.45) is 0 Å². The van der Waals surface area contributed by atoms with E-state index in [2.05, 4.69) is 14.9 Å². The number of ether oxygens (including phenoxy) is 2. The fourth-order valence-electron chi connectivity index (χ4n) is 3.59. The molecule has 2 saturated heterocycles. The molecule has 3 rings (SSSR count). The number of hydrogen-bond acceptors (Lipinski definition) is 8. The molecule has 4 N–H and O–H groups in total. The molecule has 4 unspecified atom stereocenters. The van der Waals surface area contributed by atoms with Gasteiger partial charge in [0, 0.05) is 32.7 Å². The summed E-state index contributed by atoms with van der Waals surface area (Å²) in [6, 6.07) is 6.35. The van der Waals surface area contributed by atoms with Gasteiger partial charge < -0.3 is 25.0 Å². The van der Waals surface area contributed by atoms with Gasteiger partial charge in [-0.25, -0.2) is 13.1 Å². The van der Waals surface area contributed by atoms with Crippen molar-refractivity contribution < 1.29 is 32.9 Å². The molecular formula is C20H31N3O7S. The van der Waals surface area contributed by atoms with Crippen molar-refractivity contribution in [1.29, 1.82) is 0 Å². The molecule has 1 amide bonds. The van der Waals surface area contributed by atoms with Crippen molar-refractivity contribution in [3.63, 3.8) is 0 Å². The first-order valence-electron chi connectivity index (χ1n) is 10.4. The van der Waals surface area contributed by atoms with Gasteiger partial charge in [-0.05, 0) is 19.1 Å². The maximum atomic E-state index is 12.4. The lowest BCUT2D eigenvalue weighted by atomic mass is 10.1. The predicted molar refractivity (Wildman–Crippen MR) is 112 cm³/mol. The van der Waals surface area contributed by atoms with E-state index in [0.717, 1.165) is 18.7 Å². The van der Waals surface area contributed by atoms with Gasteiger partial charge in [-0.2, -0.15) is 0 Å². The minimum atomic E-state index is -3.78. The number of morpholine rings is 1. The van der Waals surface area contributed by atoms with Crippen LogP contribution >= 0.6 is 0 Å². The lowest BCUT2D eigenvalue weighted by Crippen LogP contribution is -2.42. The van der Waals surface area contributed by atoms with Crippen LogP contribution in [0.4, 0.5) is 0 Å². The van der Waals surface area contributed by atoms with Crippen LogP contribution in [0.5, 0.6) is 0 Å². The maximum Gasteiger partial charge on any atom is 0.240 e. The molecule has 1 aromatic rings. The number of aliphatic hydroxyl groups excluding tert-OH is 2. The maximum absolute atomic E-state index is 12.4. The van der Waals surface area contributed by atoms with Gasteiger partial charge in [-0.15, -0.1) is 0 Å². The molecule has 1 aromatic carbocycles. The zero-order chi connectivity index (χ0) is 22.4. The van der Waals surface area contributed by atoms with Crippen LogP contribution < -0.4 is 10.0 Å². The number of aryl methyl sites for hydroxylation is 1. The molecule has 174 valence electrons. The highest BCUT2D eigenvalue weighted by molar-refractivity contribution is 7.89. The van der Waals surface area contributed by atoms with Gasteiger partial charge in [0.05, 0.1) is 30.6 Å². The number of nitrogens with zero attached hydrogens (tertiary/aromatic N) is 1. The van der Waals surface area contributed by atoms with E-state index >= 15 is 0 Å². The topological polar surface area (TPSA) is 137 Å². The second-order valence-corrected chi connectivity index (χ2v) is 9.63. The van der Waals surface area contributed by atoms with Crippen LogP contribution in [-0.4, -0.2) is 99.8 Å². The second-order valence-electron chi connectivity index (χ2n) is 7.87. The summed E-state index contributed by atoms with van der Waals surface area (Å²) >= 11 is 0. The van der Waals surface area contributed by atoms with Crippen LogP contribution in [-0.2, 0) is 24.3 Å². The molecule has 10 nitrogen and oxygen atoms in total. The summed E-state index contributed by atoms with van der Waals surface area (Å²) in [6.45, 7) is 5.82. The number of aliphatic hydroxyl groups is 2. The summed E-state index contributed by atoms with van der Waals surface area (Å²) in [4.78, 5) is 14.5. The monoisotopic (exact) mass is 457 g/mol. The molecule has 0 aromatic heterocycles. The summed E-state index contributed by atoms with van der Waals surface area (Å²) in [7, 11) is -3.78. The number of benzene rings is 1. The van der Waals surface area contributed by atoms with Gasteiger partial charge in [0.2, 0.25) is 15.9 Å². The molecule has 0 spiro atoms. The highest BCUT2D eigenvalue weighted by Crippen LogP contribution is 2.24. The molecule has 31 heavy (non-hydrogen) atoms. The molecule has 4 atom stereocenters. The highest BCUT2D eigenvalue weighted by Gasteiger charge is 2.43. The first kappa shape index (κ1) is 24.1. The van der Waals surface area contributed by atoms with Crippen LogP contribution in [0.1, 0.15) is 12.0 Å². The Bertz CT molecular complexity index is 828. The minimum absolute atomic E-state index is 0.0994. The average Bonchev–Trinajstić information content (AvgIpc) is 3.01. The number of amides is 1. The van der Waals surface area contributed by atoms with Crippen LogP contribution in [0.3, 0.4) is 0 Å². The standard InChI is InChI=1S/C20H31N3O7S/c1-14-2-4-15(5-3-14)31(27,28)22-13-17-20(26)19(25)16(30-17)12-18(24)21-6-7-23-8-10-29-11-9-23/h2-5,16-17,19-20,22,25-26H,6-13H2,1H3,(H,21,24). The molecule has 2 aliphatic rings. The molecule has 0 bridgehead atoms. The van der Waals surface area contributed by atoms with E-state index in [0.29, 0.717) is 26.3 Å². The minimum Gasteiger partial charge on any atom is -0.388 e. The predicted octanol–water partition coefficient (Wildman–Crippen LogP) is -1.40. The Morgan fingerprint density at radius 2 is 1.77 bits per heavy atom. The van der Waals surface area contributed by atoms with Gasteiger partial charge in [0.25, 0.3) is 0 Å². The molecular weight excluding hydrogens is 426 g/mol. The van der Waals surface area contributed by atoms with Gasteiger partial charge in [0.1, 0.15) is 18.3 Å². The average molecular weight is 458 g/mol. The van der Waals surface area contributed by atoms with E-state index in [-0.39, 0.29) is 23.8 Å². The van der Waals surface area contributed by atoms with Crippen LogP contribution in [0.2, 0.25) is 0 Å². The lowest BCUT2D eigenvalue weighted by Gasteiger charge is -2.26. The molecule has 11 heteroatoms. The van der Waals surface area contributed by atoms with Gasteiger partial charge in [-0.1, -0.05) is 17.7 Å². The van der Waals surface area contributed by atoms with E-state index in [4.69, 9.17) is 9.47 Å². The highest BCUT2D eigenvalue weighted by atomic mass is 32.2. The Hall–Kier alpha value is -1.60. The summed E-state index contributed by atoms with van der Waals surface area (Å²) < 4.78 is 38.1. The second kappa shape index (κ2) is 10.8. The van der Waals surface area contributed by atoms with Crippen molar-refractivity contribution in [2.45, 2.75) is 42.7 Å². The van der Waals surface area contributed by atoms with E-state index < -0.39 is 34.4 Å². The van der Waals surface area contributed by atoms with E-state index in [9.17, 15) is 23.4 Å². The Morgan fingerprint density at radius 1 is 1.13 bits per heavy atom.